The first kappa shape index (κ1) is 22.3. The molecule has 3 aromatic rings. The van der Waals surface area contributed by atoms with Crippen molar-refractivity contribution in [1.29, 1.82) is 0 Å². The molecule has 0 N–H and O–H groups in total. The molecule has 0 unspecified atom stereocenters. The van der Waals surface area contributed by atoms with Crippen LogP contribution in [-0.4, -0.2) is 11.1 Å². The van der Waals surface area contributed by atoms with Crippen LogP contribution in [0.4, 0.5) is 15.8 Å². The highest BCUT2D eigenvalue weighted by molar-refractivity contribution is 8.19. The molecule has 162 valence electrons. The zero-order valence-electron chi connectivity index (χ0n) is 18.2. The topological polar surface area (TPSA) is 32.7 Å². The van der Waals surface area contributed by atoms with Crippen molar-refractivity contribution in [2.45, 2.75) is 27.7 Å². The summed E-state index contributed by atoms with van der Waals surface area (Å²) in [5, 5.41) is 0.778. The van der Waals surface area contributed by atoms with Crippen molar-refractivity contribution in [1.82, 2.24) is 0 Å². The van der Waals surface area contributed by atoms with E-state index in [-0.39, 0.29) is 16.5 Å². The van der Waals surface area contributed by atoms with Crippen LogP contribution in [0.2, 0.25) is 5.02 Å². The van der Waals surface area contributed by atoms with Gasteiger partial charge in [-0.25, -0.2) is 9.38 Å². The number of hydrogen-bond donors (Lipinski definition) is 0. The molecule has 1 fully saturated rings. The fourth-order valence-electron chi connectivity index (χ4n) is 3.44. The van der Waals surface area contributed by atoms with Gasteiger partial charge in [0.1, 0.15) is 5.82 Å². The summed E-state index contributed by atoms with van der Waals surface area (Å²) in [6.45, 7) is 7.92. The van der Waals surface area contributed by atoms with Crippen molar-refractivity contribution >= 4 is 51.9 Å². The third kappa shape index (κ3) is 4.36. The van der Waals surface area contributed by atoms with E-state index >= 15 is 0 Å². The predicted octanol–water partition coefficient (Wildman–Crippen LogP) is 7.52. The molecule has 1 heterocycles. The van der Waals surface area contributed by atoms with Gasteiger partial charge in [-0.15, -0.1) is 0 Å². The molecule has 0 aliphatic carbocycles. The lowest BCUT2D eigenvalue weighted by atomic mass is 10.1. The van der Waals surface area contributed by atoms with Gasteiger partial charge in [0.2, 0.25) is 0 Å². The van der Waals surface area contributed by atoms with E-state index in [4.69, 9.17) is 16.6 Å². The van der Waals surface area contributed by atoms with Crippen molar-refractivity contribution in [3.05, 3.63) is 98.2 Å². The molecule has 1 aliphatic heterocycles. The van der Waals surface area contributed by atoms with Gasteiger partial charge in [0.05, 0.1) is 21.3 Å². The summed E-state index contributed by atoms with van der Waals surface area (Å²) in [6.07, 6.45) is 1.51. The Morgan fingerprint density at radius 1 is 0.969 bits per heavy atom. The lowest BCUT2D eigenvalue weighted by molar-refractivity contribution is -0.113. The molecule has 0 saturated carbocycles. The molecular formula is C26H22ClFN2OS. The summed E-state index contributed by atoms with van der Waals surface area (Å²) in [6, 6.07) is 16.4. The van der Waals surface area contributed by atoms with Gasteiger partial charge in [0.25, 0.3) is 5.91 Å². The second-order valence-corrected chi connectivity index (χ2v) is 9.28. The van der Waals surface area contributed by atoms with E-state index in [1.807, 2.05) is 64.1 Å². The Kier molecular flexibility index (Phi) is 6.22. The molecule has 0 atom stereocenters. The monoisotopic (exact) mass is 464 g/mol. The minimum absolute atomic E-state index is 0.193. The highest BCUT2D eigenvalue weighted by Crippen LogP contribution is 2.40. The molecule has 3 aromatic carbocycles. The van der Waals surface area contributed by atoms with Gasteiger partial charge in [-0.05, 0) is 92.1 Å². The summed E-state index contributed by atoms with van der Waals surface area (Å²) < 4.78 is 14.4. The van der Waals surface area contributed by atoms with Gasteiger partial charge < -0.3 is 0 Å². The predicted molar refractivity (Wildman–Crippen MR) is 133 cm³/mol. The van der Waals surface area contributed by atoms with Crippen molar-refractivity contribution in [2.24, 2.45) is 4.99 Å². The van der Waals surface area contributed by atoms with Crippen LogP contribution in [0.3, 0.4) is 0 Å². The lowest BCUT2D eigenvalue weighted by Gasteiger charge is -2.19. The zero-order valence-corrected chi connectivity index (χ0v) is 19.8. The molecule has 1 aliphatic rings. The second-order valence-electron chi connectivity index (χ2n) is 7.86. The molecule has 4 rings (SSSR count). The van der Waals surface area contributed by atoms with E-state index in [2.05, 4.69) is 0 Å². The van der Waals surface area contributed by atoms with E-state index in [0.29, 0.717) is 10.1 Å². The minimum atomic E-state index is -0.475. The molecule has 0 spiro atoms. The van der Waals surface area contributed by atoms with E-state index in [1.54, 1.807) is 17.0 Å². The maximum Gasteiger partial charge on any atom is 0.271 e. The summed E-state index contributed by atoms with van der Waals surface area (Å²) in [4.78, 5) is 20.4. The molecule has 0 radical (unpaired) electrons. The van der Waals surface area contributed by atoms with Gasteiger partial charge in [-0.3, -0.25) is 9.69 Å². The normalized spacial score (nSPS) is 16.4. The molecule has 32 heavy (non-hydrogen) atoms. The minimum Gasteiger partial charge on any atom is -0.268 e. The number of thioether (sulfide) groups is 1. The van der Waals surface area contributed by atoms with Crippen LogP contribution in [0.5, 0.6) is 0 Å². The van der Waals surface area contributed by atoms with Crippen LogP contribution in [-0.2, 0) is 4.79 Å². The Hall–Kier alpha value is -2.89. The number of carbonyl (C=O) groups excluding carboxylic acids is 1. The maximum absolute atomic E-state index is 14.4. The number of carbonyl (C=O) groups is 1. The number of amidine groups is 1. The molecule has 1 saturated heterocycles. The Labute approximate surface area is 196 Å². The maximum atomic E-state index is 14.4. The highest BCUT2D eigenvalue weighted by Gasteiger charge is 2.36. The zero-order chi connectivity index (χ0) is 23.0. The van der Waals surface area contributed by atoms with Gasteiger partial charge >= 0.3 is 0 Å². The molecule has 0 aromatic heterocycles. The Morgan fingerprint density at radius 2 is 1.66 bits per heavy atom. The molecule has 1 amide bonds. The number of rotatable bonds is 3. The summed E-state index contributed by atoms with van der Waals surface area (Å²) in [5.74, 6) is -0.733. The van der Waals surface area contributed by atoms with Gasteiger partial charge in [-0.1, -0.05) is 41.9 Å². The van der Waals surface area contributed by atoms with Crippen LogP contribution < -0.4 is 4.90 Å². The van der Waals surface area contributed by atoms with Crippen molar-refractivity contribution < 1.29 is 9.18 Å². The van der Waals surface area contributed by atoms with E-state index in [9.17, 15) is 9.18 Å². The van der Waals surface area contributed by atoms with E-state index < -0.39 is 5.82 Å². The average molecular weight is 465 g/mol. The van der Waals surface area contributed by atoms with Crippen LogP contribution in [0.15, 0.2) is 64.5 Å². The molecular weight excluding hydrogens is 443 g/mol. The third-order valence-corrected chi connectivity index (χ3v) is 6.57. The first-order valence-electron chi connectivity index (χ1n) is 10.2. The largest absolute Gasteiger partial charge is 0.271 e. The Morgan fingerprint density at radius 3 is 2.38 bits per heavy atom. The number of aryl methyl sites for hydroxylation is 4. The first-order valence-corrected chi connectivity index (χ1v) is 11.4. The Balaban J connectivity index is 1.89. The lowest BCUT2D eigenvalue weighted by Crippen LogP contribution is -2.29. The first-order chi connectivity index (χ1) is 15.2. The second kappa shape index (κ2) is 8.93. The van der Waals surface area contributed by atoms with E-state index in [0.717, 1.165) is 33.6 Å². The van der Waals surface area contributed by atoms with Crippen molar-refractivity contribution in [3.8, 4) is 0 Å². The third-order valence-electron chi connectivity index (χ3n) is 5.27. The standard InChI is InChI=1S/C26H22ClFN2OS/c1-15-8-10-17(3)22(12-15)29-26-30(23-13-16(2)9-11-18(23)4)25(31)24(32-26)14-19-20(27)6-5-7-21(19)28/h5-14H,1-4H3. The number of aliphatic imine (C=N–C) groups is 1. The molecule has 0 bridgehead atoms. The SMILES string of the molecule is Cc1ccc(C)c(N=C2SC(=Cc3c(F)cccc3Cl)C(=O)N2c2cc(C)ccc2C)c1. The van der Waals surface area contributed by atoms with Crippen molar-refractivity contribution in [2.75, 3.05) is 4.90 Å². The van der Waals surface area contributed by atoms with Crippen molar-refractivity contribution in [3.63, 3.8) is 0 Å². The Bertz CT molecular complexity index is 1280. The van der Waals surface area contributed by atoms with Crippen LogP contribution in [0.1, 0.15) is 27.8 Å². The average Bonchev–Trinajstić information content (AvgIpc) is 3.04. The number of benzene rings is 3. The smallest absolute Gasteiger partial charge is 0.268 e. The van der Waals surface area contributed by atoms with Crippen LogP contribution in [0.25, 0.3) is 6.08 Å². The van der Waals surface area contributed by atoms with Gasteiger partial charge in [0, 0.05) is 5.56 Å². The number of halogens is 2. The van der Waals surface area contributed by atoms with Gasteiger partial charge in [0.15, 0.2) is 5.17 Å². The summed E-state index contributed by atoms with van der Waals surface area (Å²) in [5.41, 5.74) is 5.81. The number of anilines is 1. The number of hydrogen-bond acceptors (Lipinski definition) is 3. The summed E-state index contributed by atoms with van der Waals surface area (Å²) >= 11 is 7.43. The quantitative estimate of drug-likeness (QED) is 0.375. The van der Waals surface area contributed by atoms with Crippen LogP contribution >= 0.6 is 23.4 Å². The number of nitrogens with zero attached hydrogens (tertiary/aromatic N) is 2. The fraction of sp³-hybridized carbons (Fsp3) is 0.154. The van der Waals surface area contributed by atoms with Gasteiger partial charge in [-0.2, -0.15) is 0 Å². The molecule has 3 nitrogen and oxygen atoms in total. The molecule has 6 heteroatoms. The number of amides is 1. The van der Waals surface area contributed by atoms with Crippen LogP contribution in [0, 0.1) is 33.5 Å². The van der Waals surface area contributed by atoms with E-state index in [1.165, 1.54) is 23.9 Å². The fourth-order valence-corrected chi connectivity index (χ4v) is 4.63. The highest BCUT2D eigenvalue weighted by atomic mass is 35.5. The summed E-state index contributed by atoms with van der Waals surface area (Å²) in [7, 11) is 0.